The third kappa shape index (κ3) is 4.45. The van der Waals surface area contributed by atoms with Gasteiger partial charge in [-0.25, -0.2) is 0 Å². The Kier molecular flexibility index (Phi) is 6.23. The smallest absolute Gasteiger partial charge is 0.0954 e. The van der Waals surface area contributed by atoms with Crippen LogP contribution in [0.15, 0.2) is 18.2 Å². The molecular formula is C12H17Cl2NO2. The molecule has 0 spiro atoms. The van der Waals surface area contributed by atoms with Crippen LogP contribution in [0, 0.1) is 0 Å². The number of hydrogen-bond donors (Lipinski definition) is 3. The predicted molar refractivity (Wildman–Crippen MR) is 70.6 cm³/mol. The van der Waals surface area contributed by atoms with Gasteiger partial charge >= 0.3 is 0 Å². The molecule has 1 aromatic rings. The van der Waals surface area contributed by atoms with Gasteiger partial charge in [0, 0.05) is 28.3 Å². The Morgan fingerprint density at radius 1 is 1.35 bits per heavy atom. The molecule has 0 aliphatic carbocycles. The first-order valence-electron chi connectivity index (χ1n) is 5.53. The van der Waals surface area contributed by atoms with Crippen LogP contribution in [-0.2, 0) is 0 Å². The Balaban J connectivity index is 2.64. The van der Waals surface area contributed by atoms with Crippen molar-refractivity contribution in [2.24, 2.45) is 0 Å². The van der Waals surface area contributed by atoms with Gasteiger partial charge in [-0.05, 0) is 32.0 Å². The molecule has 0 heterocycles. The van der Waals surface area contributed by atoms with Gasteiger partial charge in [0.25, 0.3) is 0 Å². The average Bonchev–Trinajstić information content (AvgIpc) is 2.28. The van der Waals surface area contributed by atoms with Gasteiger partial charge in [0.15, 0.2) is 0 Å². The van der Waals surface area contributed by atoms with Gasteiger partial charge in [-0.1, -0.05) is 29.3 Å². The van der Waals surface area contributed by atoms with E-state index in [1.807, 2.05) is 6.92 Å². The summed E-state index contributed by atoms with van der Waals surface area (Å²) in [5, 5.41) is 22.9. The molecule has 1 aromatic carbocycles. The van der Waals surface area contributed by atoms with Crippen LogP contribution in [0.1, 0.15) is 25.0 Å². The van der Waals surface area contributed by atoms with Crippen molar-refractivity contribution in [3.05, 3.63) is 33.8 Å². The first kappa shape index (κ1) is 14.7. The highest BCUT2D eigenvalue weighted by molar-refractivity contribution is 6.35. The second kappa shape index (κ2) is 7.19. The van der Waals surface area contributed by atoms with Crippen molar-refractivity contribution in [1.82, 2.24) is 5.32 Å². The van der Waals surface area contributed by atoms with Crippen molar-refractivity contribution in [2.75, 3.05) is 13.2 Å². The molecule has 0 saturated carbocycles. The Labute approximate surface area is 111 Å². The summed E-state index contributed by atoms with van der Waals surface area (Å²) >= 11 is 11.8. The van der Waals surface area contributed by atoms with Crippen LogP contribution < -0.4 is 5.32 Å². The number of halogens is 2. The van der Waals surface area contributed by atoms with E-state index in [0.29, 0.717) is 28.6 Å². The van der Waals surface area contributed by atoms with E-state index in [1.165, 1.54) is 0 Å². The van der Waals surface area contributed by atoms with Gasteiger partial charge in [0.1, 0.15) is 0 Å². The molecule has 3 nitrogen and oxygen atoms in total. The minimum absolute atomic E-state index is 0.136. The Morgan fingerprint density at radius 2 is 2.06 bits per heavy atom. The second-order valence-corrected chi connectivity index (χ2v) is 4.77. The molecule has 0 fully saturated rings. The minimum atomic E-state index is -0.696. The maximum atomic E-state index is 10.1. The first-order valence-corrected chi connectivity index (χ1v) is 6.29. The van der Waals surface area contributed by atoms with Crippen molar-refractivity contribution in [3.8, 4) is 0 Å². The van der Waals surface area contributed by atoms with Crippen LogP contribution >= 0.6 is 23.2 Å². The fourth-order valence-electron chi connectivity index (χ4n) is 1.53. The third-order valence-electron chi connectivity index (χ3n) is 2.56. The highest BCUT2D eigenvalue weighted by atomic mass is 35.5. The average molecular weight is 278 g/mol. The fourth-order valence-corrected chi connectivity index (χ4v) is 2.05. The van der Waals surface area contributed by atoms with Crippen LogP contribution in [-0.4, -0.2) is 29.4 Å². The Hall–Kier alpha value is -0.320. The molecule has 2 atom stereocenters. The van der Waals surface area contributed by atoms with E-state index >= 15 is 0 Å². The zero-order chi connectivity index (χ0) is 12.8. The zero-order valence-corrected chi connectivity index (χ0v) is 11.2. The summed E-state index contributed by atoms with van der Waals surface area (Å²) in [7, 11) is 0. The lowest BCUT2D eigenvalue weighted by atomic mass is 10.0. The molecule has 0 radical (unpaired) electrons. The minimum Gasteiger partial charge on any atom is -0.396 e. The van der Waals surface area contributed by atoms with E-state index in [9.17, 15) is 5.11 Å². The summed E-state index contributed by atoms with van der Waals surface area (Å²) in [6, 6.07) is 4.90. The molecular weight excluding hydrogens is 261 g/mol. The zero-order valence-electron chi connectivity index (χ0n) is 9.66. The molecule has 0 bridgehead atoms. The summed E-state index contributed by atoms with van der Waals surface area (Å²) in [5.41, 5.74) is 0.653. The highest BCUT2D eigenvalue weighted by Crippen LogP contribution is 2.27. The summed E-state index contributed by atoms with van der Waals surface area (Å²) in [4.78, 5) is 0. The Bertz CT molecular complexity index is 360. The molecule has 0 aromatic heterocycles. The lowest BCUT2D eigenvalue weighted by Gasteiger charge is -2.21. The monoisotopic (exact) mass is 277 g/mol. The SMILES string of the molecule is CC(NCCCO)C(O)c1ccc(Cl)cc1Cl. The largest absolute Gasteiger partial charge is 0.396 e. The van der Waals surface area contributed by atoms with E-state index in [1.54, 1.807) is 18.2 Å². The fraction of sp³-hybridized carbons (Fsp3) is 0.500. The van der Waals surface area contributed by atoms with E-state index in [-0.39, 0.29) is 12.6 Å². The molecule has 0 aliphatic heterocycles. The van der Waals surface area contributed by atoms with Crippen LogP contribution in [0.3, 0.4) is 0 Å². The topological polar surface area (TPSA) is 52.5 Å². The number of nitrogens with one attached hydrogen (secondary N) is 1. The second-order valence-electron chi connectivity index (χ2n) is 3.93. The van der Waals surface area contributed by atoms with E-state index < -0.39 is 6.10 Å². The van der Waals surface area contributed by atoms with Gasteiger partial charge in [0.05, 0.1) is 6.10 Å². The van der Waals surface area contributed by atoms with Crippen LogP contribution in [0.2, 0.25) is 10.0 Å². The molecule has 2 unspecified atom stereocenters. The highest BCUT2D eigenvalue weighted by Gasteiger charge is 2.18. The number of benzene rings is 1. The normalized spacial score (nSPS) is 14.6. The molecule has 0 saturated heterocycles. The summed E-state index contributed by atoms with van der Waals surface area (Å²) in [6.45, 7) is 2.66. The maximum absolute atomic E-state index is 10.1. The van der Waals surface area contributed by atoms with Crippen molar-refractivity contribution >= 4 is 23.2 Å². The quantitative estimate of drug-likeness (QED) is 0.700. The van der Waals surface area contributed by atoms with E-state index in [4.69, 9.17) is 28.3 Å². The van der Waals surface area contributed by atoms with Gasteiger partial charge in [-0.15, -0.1) is 0 Å². The lowest BCUT2D eigenvalue weighted by Crippen LogP contribution is -2.33. The maximum Gasteiger partial charge on any atom is 0.0954 e. The van der Waals surface area contributed by atoms with E-state index in [2.05, 4.69) is 5.32 Å². The summed E-state index contributed by atoms with van der Waals surface area (Å²) < 4.78 is 0. The van der Waals surface area contributed by atoms with Crippen LogP contribution in [0.4, 0.5) is 0 Å². The van der Waals surface area contributed by atoms with Crippen molar-refractivity contribution in [3.63, 3.8) is 0 Å². The van der Waals surface area contributed by atoms with Gasteiger partial charge in [-0.2, -0.15) is 0 Å². The van der Waals surface area contributed by atoms with Gasteiger partial charge in [0.2, 0.25) is 0 Å². The predicted octanol–water partition coefficient (Wildman–Crippen LogP) is 2.39. The van der Waals surface area contributed by atoms with Gasteiger partial charge < -0.3 is 15.5 Å². The van der Waals surface area contributed by atoms with Gasteiger partial charge in [-0.3, -0.25) is 0 Å². The molecule has 17 heavy (non-hydrogen) atoms. The molecule has 1 rings (SSSR count). The number of hydrogen-bond acceptors (Lipinski definition) is 3. The number of rotatable bonds is 6. The number of aliphatic hydroxyl groups excluding tert-OH is 2. The first-order chi connectivity index (χ1) is 8.06. The molecule has 3 N–H and O–H groups in total. The molecule has 0 amide bonds. The van der Waals surface area contributed by atoms with E-state index in [0.717, 1.165) is 0 Å². The van der Waals surface area contributed by atoms with Crippen molar-refractivity contribution in [2.45, 2.75) is 25.5 Å². The Morgan fingerprint density at radius 3 is 2.65 bits per heavy atom. The third-order valence-corrected chi connectivity index (χ3v) is 3.12. The van der Waals surface area contributed by atoms with Crippen LogP contribution in [0.5, 0.6) is 0 Å². The van der Waals surface area contributed by atoms with Crippen LogP contribution in [0.25, 0.3) is 0 Å². The summed E-state index contributed by atoms with van der Waals surface area (Å²) in [5.74, 6) is 0. The molecule has 96 valence electrons. The lowest BCUT2D eigenvalue weighted by molar-refractivity contribution is 0.135. The molecule has 0 aliphatic rings. The van der Waals surface area contributed by atoms with Crippen molar-refractivity contribution < 1.29 is 10.2 Å². The summed E-state index contributed by atoms with van der Waals surface area (Å²) in [6.07, 6.45) is -0.0377. The standard InChI is InChI=1S/C12H17Cl2NO2/c1-8(15-5-2-6-16)12(17)10-4-3-9(13)7-11(10)14/h3-4,7-8,12,15-17H,2,5-6H2,1H3. The molecule has 5 heteroatoms. The van der Waals surface area contributed by atoms with Crippen molar-refractivity contribution in [1.29, 1.82) is 0 Å². The number of aliphatic hydroxyl groups is 2.